The van der Waals surface area contributed by atoms with E-state index in [1.54, 1.807) is 7.11 Å². The quantitative estimate of drug-likeness (QED) is 0.428. The second kappa shape index (κ2) is 9.91. The Hall–Kier alpha value is -0.630. The summed E-state index contributed by atoms with van der Waals surface area (Å²) in [6.07, 6.45) is 0.962. The molecule has 0 atom stereocenters. The molecular weight excluding hydrogens is 192 g/mol. The summed E-state index contributed by atoms with van der Waals surface area (Å²) >= 11 is 0. The molecule has 0 N–H and O–H groups in total. The van der Waals surface area contributed by atoms with Crippen molar-refractivity contribution < 1.29 is 9.47 Å². The fraction of sp³-hybridized carbons (Fsp3) is 0.909. The third kappa shape index (κ3) is 8.37. The van der Waals surface area contributed by atoms with Crippen LogP contribution in [0.2, 0.25) is 0 Å². The molecule has 0 heterocycles. The molecule has 0 aromatic heterocycles. The van der Waals surface area contributed by atoms with Crippen molar-refractivity contribution in [1.29, 1.82) is 5.26 Å². The van der Waals surface area contributed by atoms with Crippen LogP contribution < -0.4 is 0 Å². The van der Waals surface area contributed by atoms with Crippen molar-refractivity contribution in [1.82, 2.24) is 4.90 Å². The van der Waals surface area contributed by atoms with Gasteiger partial charge in [-0.25, -0.2) is 0 Å². The molecule has 0 aliphatic heterocycles. The maximum atomic E-state index is 8.62. The Morgan fingerprint density at radius 3 is 2.53 bits per heavy atom. The number of hydrogen-bond donors (Lipinski definition) is 0. The Kier molecular flexibility index (Phi) is 9.49. The van der Waals surface area contributed by atoms with E-state index in [9.17, 15) is 0 Å². The highest BCUT2D eigenvalue weighted by Gasteiger charge is 2.07. The first kappa shape index (κ1) is 14.4. The van der Waals surface area contributed by atoms with E-state index in [1.807, 2.05) is 0 Å². The van der Waals surface area contributed by atoms with Gasteiger partial charge in [0, 0.05) is 26.3 Å². The number of ether oxygens (including phenoxy) is 2. The van der Waals surface area contributed by atoms with Gasteiger partial charge in [-0.3, -0.25) is 4.90 Å². The van der Waals surface area contributed by atoms with E-state index in [4.69, 9.17) is 14.7 Å². The van der Waals surface area contributed by atoms with Crippen molar-refractivity contribution in [3.63, 3.8) is 0 Å². The molecule has 0 aromatic rings. The SMILES string of the molecule is COCCOCCCN(CC#N)C(C)C. The zero-order valence-electron chi connectivity index (χ0n) is 10.0. The predicted octanol–water partition coefficient (Wildman–Crippen LogP) is 1.27. The number of methoxy groups -OCH3 is 1. The van der Waals surface area contributed by atoms with Crippen LogP contribution in [0, 0.1) is 11.3 Å². The Morgan fingerprint density at radius 1 is 1.27 bits per heavy atom. The summed E-state index contributed by atoms with van der Waals surface area (Å²) in [7, 11) is 1.66. The second-order valence-corrected chi connectivity index (χ2v) is 3.68. The van der Waals surface area contributed by atoms with Gasteiger partial charge in [0.05, 0.1) is 25.8 Å². The number of nitrogens with zero attached hydrogens (tertiary/aromatic N) is 2. The highest BCUT2D eigenvalue weighted by Crippen LogP contribution is 1.98. The summed E-state index contributed by atoms with van der Waals surface area (Å²) in [6, 6.07) is 2.60. The van der Waals surface area contributed by atoms with Crippen LogP contribution in [0.5, 0.6) is 0 Å². The zero-order chi connectivity index (χ0) is 11.5. The molecule has 88 valence electrons. The predicted molar refractivity (Wildman–Crippen MR) is 59.6 cm³/mol. The van der Waals surface area contributed by atoms with Crippen molar-refractivity contribution in [2.45, 2.75) is 26.3 Å². The zero-order valence-corrected chi connectivity index (χ0v) is 10.0. The summed E-state index contributed by atoms with van der Waals surface area (Å²) in [4.78, 5) is 2.14. The van der Waals surface area contributed by atoms with Crippen LogP contribution >= 0.6 is 0 Å². The lowest BCUT2D eigenvalue weighted by Gasteiger charge is -2.23. The molecule has 15 heavy (non-hydrogen) atoms. The maximum Gasteiger partial charge on any atom is 0.0868 e. The molecule has 0 bridgehead atoms. The van der Waals surface area contributed by atoms with Gasteiger partial charge in [0.25, 0.3) is 0 Å². The fourth-order valence-electron chi connectivity index (χ4n) is 1.22. The maximum absolute atomic E-state index is 8.62. The molecule has 0 saturated heterocycles. The lowest BCUT2D eigenvalue weighted by Crippen LogP contribution is -2.32. The molecule has 0 aromatic carbocycles. The van der Waals surface area contributed by atoms with Crippen molar-refractivity contribution in [2.75, 3.05) is 40.0 Å². The van der Waals surface area contributed by atoms with Gasteiger partial charge in [0.1, 0.15) is 0 Å². The Morgan fingerprint density at radius 2 is 2.00 bits per heavy atom. The number of hydrogen-bond acceptors (Lipinski definition) is 4. The molecule has 0 saturated carbocycles. The standard InChI is InChI=1S/C11H22N2O2/c1-11(2)13(7-5-12)6-4-8-15-10-9-14-3/h11H,4,6-10H2,1-3H3. The van der Waals surface area contributed by atoms with Crippen LogP contribution in [-0.2, 0) is 9.47 Å². The van der Waals surface area contributed by atoms with E-state index in [0.29, 0.717) is 25.8 Å². The Bertz CT molecular complexity index is 178. The van der Waals surface area contributed by atoms with Gasteiger partial charge in [-0.05, 0) is 20.3 Å². The summed E-state index contributed by atoms with van der Waals surface area (Å²) in [5, 5.41) is 8.62. The van der Waals surface area contributed by atoms with Gasteiger partial charge in [-0.1, -0.05) is 0 Å². The van der Waals surface area contributed by atoms with Crippen LogP contribution in [0.1, 0.15) is 20.3 Å². The number of rotatable bonds is 9. The first-order chi connectivity index (χ1) is 7.22. The third-order valence-corrected chi connectivity index (χ3v) is 2.17. The summed E-state index contributed by atoms with van der Waals surface area (Å²) < 4.78 is 10.2. The molecule has 0 unspecified atom stereocenters. The highest BCUT2D eigenvalue weighted by atomic mass is 16.5. The topological polar surface area (TPSA) is 45.5 Å². The van der Waals surface area contributed by atoms with Crippen LogP contribution in [0.4, 0.5) is 0 Å². The minimum atomic E-state index is 0.420. The molecule has 0 amide bonds. The normalized spacial score (nSPS) is 10.9. The monoisotopic (exact) mass is 214 g/mol. The molecule has 0 fully saturated rings. The van der Waals surface area contributed by atoms with Gasteiger partial charge < -0.3 is 9.47 Å². The van der Waals surface area contributed by atoms with E-state index in [0.717, 1.165) is 19.6 Å². The number of nitriles is 1. The van der Waals surface area contributed by atoms with Crippen LogP contribution in [-0.4, -0.2) is 51.0 Å². The van der Waals surface area contributed by atoms with Crippen molar-refractivity contribution in [2.24, 2.45) is 0 Å². The molecular formula is C11H22N2O2. The largest absolute Gasteiger partial charge is 0.382 e. The molecule has 4 heteroatoms. The van der Waals surface area contributed by atoms with Gasteiger partial charge in [0.2, 0.25) is 0 Å². The minimum Gasteiger partial charge on any atom is -0.382 e. The highest BCUT2D eigenvalue weighted by molar-refractivity contribution is 4.78. The van der Waals surface area contributed by atoms with Gasteiger partial charge in [0.15, 0.2) is 0 Å². The van der Waals surface area contributed by atoms with Crippen molar-refractivity contribution in [3.8, 4) is 6.07 Å². The van der Waals surface area contributed by atoms with Gasteiger partial charge in [-0.15, -0.1) is 0 Å². The summed E-state index contributed by atoms with van der Waals surface area (Å²) in [5.74, 6) is 0. The first-order valence-electron chi connectivity index (χ1n) is 5.40. The lowest BCUT2D eigenvalue weighted by atomic mass is 10.3. The van der Waals surface area contributed by atoms with Crippen molar-refractivity contribution in [3.05, 3.63) is 0 Å². The Labute approximate surface area is 92.8 Å². The smallest absolute Gasteiger partial charge is 0.0868 e. The molecule has 4 nitrogen and oxygen atoms in total. The summed E-state index contributed by atoms with van der Waals surface area (Å²) in [6.45, 7) is 7.64. The first-order valence-corrected chi connectivity index (χ1v) is 5.40. The Balaban J connectivity index is 3.42. The van der Waals surface area contributed by atoms with Crippen molar-refractivity contribution >= 4 is 0 Å². The average Bonchev–Trinajstić information content (AvgIpc) is 2.21. The minimum absolute atomic E-state index is 0.420. The van der Waals surface area contributed by atoms with Gasteiger partial charge in [-0.2, -0.15) is 5.26 Å². The molecule has 0 radical (unpaired) electrons. The van der Waals surface area contributed by atoms with E-state index in [1.165, 1.54) is 0 Å². The third-order valence-electron chi connectivity index (χ3n) is 2.17. The van der Waals surface area contributed by atoms with E-state index < -0.39 is 0 Å². The second-order valence-electron chi connectivity index (χ2n) is 3.68. The molecule has 0 rings (SSSR count). The lowest BCUT2D eigenvalue weighted by molar-refractivity contribution is 0.0644. The fourth-order valence-corrected chi connectivity index (χ4v) is 1.22. The summed E-state index contributed by atoms with van der Waals surface area (Å²) in [5.41, 5.74) is 0. The van der Waals surface area contributed by atoms with E-state index in [2.05, 4.69) is 24.8 Å². The molecule has 0 aliphatic carbocycles. The van der Waals surface area contributed by atoms with Gasteiger partial charge >= 0.3 is 0 Å². The van der Waals surface area contributed by atoms with Crippen LogP contribution in [0.25, 0.3) is 0 Å². The van der Waals surface area contributed by atoms with E-state index >= 15 is 0 Å². The van der Waals surface area contributed by atoms with Crippen LogP contribution in [0.15, 0.2) is 0 Å². The molecule has 0 spiro atoms. The molecule has 0 aliphatic rings. The van der Waals surface area contributed by atoms with Crippen LogP contribution in [0.3, 0.4) is 0 Å². The van der Waals surface area contributed by atoms with E-state index in [-0.39, 0.29) is 0 Å². The average molecular weight is 214 g/mol.